The zero-order chi connectivity index (χ0) is 17.3. The molecule has 23 heavy (non-hydrogen) atoms. The molecule has 1 aromatic carbocycles. The molecule has 0 heterocycles. The largest absolute Gasteiger partial charge is 0.381 e. The smallest absolute Gasteiger partial charge is 0.241 e. The zero-order valence-corrected chi connectivity index (χ0v) is 15.3. The fraction of sp³-hybridized carbons (Fsp3) is 0.632. The molecule has 0 atom stereocenters. The molecule has 0 radical (unpaired) electrons. The van der Waals surface area contributed by atoms with Crippen LogP contribution in [0.2, 0.25) is 0 Å². The van der Waals surface area contributed by atoms with Gasteiger partial charge in [0.2, 0.25) is 5.91 Å². The van der Waals surface area contributed by atoms with Crippen molar-refractivity contribution < 1.29 is 9.53 Å². The van der Waals surface area contributed by atoms with Crippen molar-refractivity contribution in [2.24, 2.45) is 0 Å². The number of amides is 1. The van der Waals surface area contributed by atoms with Crippen molar-refractivity contribution in [3.05, 3.63) is 29.8 Å². The topological polar surface area (TPSA) is 41.6 Å². The molecule has 1 aromatic rings. The Balaban J connectivity index is 2.65. The van der Waals surface area contributed by atoms with Crippen molar-refractivity contribution >= 4 is 11.6 Å². The van der Waals surface area contributed by atoms with Crippen LogP contribution in [-0.2, 0) is 14.9 Å². The van der Waals surface area contributed by atoms with E-state index in [-0.39, 0.29) is 11.3 Å². The SMILES string of the molecule is CCCOCCCNN(C(=O)CC)c1ccc(C(C)(C)C)cc1. The Hall–Kier alpha value is -1.39. The van der Waals surface area contributed by atoms with Gasteiger partial charge in [0.1, 0.15) is 0 Å². The van der Waals surface area contributed by atoms with E-state index in [1.165, 1.54) is 5.56 Å². The van der Waals surface area contributed by atoms with Gasteiger partial charge in [0.15, 0.2) is 0 Å². The molecule has 0 spiro atoms. The zero-order valence-electron chi connectivity index (χ0n) is 15.3. The average Bonchev–Trinajstić information content (AvgIpc) is 2.53. The Kier molecular flexibility index (Phi) is 8.28. The number of nitrogens with zero attached hydrogens (tertiary/aromatic N) is 1. The summed E-state index contributed by atoms with van der Waals surface area (Å²) in [7, 11) is 0. The molecule has 130 valence electrons. The number of hydrazine groups is 1. The van der Waals surface area contributed by atoms with Crippen molar-refractivity contribution in [3.8, 4) is 0 Å². The van der Waals surface area contributed by atoms with E-state index in [4.69, 9.17) is 4.74 Å². The van der Waals surface area contributed by atoms with Crippen LogP contribution in [0.15, 0.2) is 24.3 Å². The molecule has 0 aliphatic heterocycles. The van der Waals surface area contributed by atoms with Gasteiger partial charge in [0, 0.05) is 26.2 Å². The first-order valence-electron chi connectivity index (χ1n) is 8.64. The van der Waals surface area contributed by atoms with Crippen LogP contribution in [0.3, 0.4) is 0 Å². The third kappa shape index (κ3) is 6.71. The summed E-state index contributed by atoms with van der Waals surface area (Å²) >= 11 is 0. The highest BCUT2D eigenvalue weighted by molar-refractivity contribution is 5.92. The van der Waals surface area contributed by atoms with E-state index in [2.05, 4.69) is 45.3 Å². The lowest BCUT2D eigenvalue weighted by Gasteiger charge is -2.25. The van der Waals surface area contributed by atoms with Crippen LogP contribution in [0.4, 0.5) is 5.69 Å². The lowest BCUT2D eigenvalue weighted by molar-refractivity contribution is -0.119. The number of ether oxygens (including phenoxy) is 1. The number of hydrogen-bond donors (Lipinski definition) is 1. The molecule has 0 aromatic heterocycles. The normalized spacial score (nSPS) is 11.5. The maximum Gasteiger partial charge on any atom is 0.241 e. The van der Waals surface area contributed by atoms with E-state index in [1.54, 1.807) is 5.01 Å². The summed E-state index contributed by atoms with van der Waals surface area (Å²) in [6, 6.07) is 8.21. The Labute approximate surface area is 141 Å². The van der Waals surface area contributed by atoms with Gasteiger partial charge >= 0.3 is 0 Å². The predicted octanol–water partition coefficient (Wildman–Crippen LogP) is 4.05. The van der Waals surface area contributed by atoms with E-state index in [0.717, 1.165) is 38.3 Å². The van der Waals surface area contributed by atoms with Crippen molar-refractivity contribution in [2.75, 3.05) is 24.8 Å². The molecule has 0 saturated carbocycles. The molecule has 0 unspecified atom stereocenters. The average molecular weight is 320 g/mol. The first-order valence-corrected chi connectivity index (χ1v) is 8.64. The van der Waals surface area contributed by atoms with Crippen LogP contribution in [0.5, 0.6) is 0 Å². The summed E-state index contributed by atoms with van der Waals surface area (Å²) in [6.07, 6.45) is 2.39. The van der Waals surface area contributed by atoms with Gasteiger partial charge in [0.05, 0.1) is 5.69 Å². The molecule has 0 aliphatic rings. The molecule has 0 bridgehead atoms. The number of hydrogen-bond acceptors (Lipinski definition) is 3. The minimum atomic E-state index is 0.0722. The number of rotatable bonds is 9. The molecule has 0 saturated heterocycles. The van der Waals surface area contributed by atoms with Crippen LogP contribution in [0.1, 0.15) is 59.4 Å². The summed E-state index contributed by atoms with van der Waals surface area (Å²) in [5, 5.41) is 1.66. The Bertz CT molecular complexity index is 463. The van der Waals surface area contributed by atoms with Gasteiger partial charge in [0.25, 0.3) is 0 Å². The van der Waals surface area contributed by atoms with Crippen LogP contribution in [-0.4, -0.2) is 25.7 Å². The summed E-state index contributed by atoms with van der Waals surface area (Å²) in [5.74, 6) is 0.0722. The summed E-state index contributed by atoms with van der Waals surface area (Å²) in [6.45, 7) is 12.8. The van der Waals surface area contributed by atoms with Gasteiger partial charge in [-0.05, 0) is 36.0 Å². The minimum absolute atomic E-state index is 0.0722. The molecule has 4 heteroatoms. The minimum Gasteiger partial charge on any atom is -0.381 e. The van der Waals surface area contributed by atoms with Gasteiger partial charge < -0.3 is 4.74 Å². The third-order valence-corrected chi connectivity index (χ3v) is 3.63. The summed E-state index contributed by atoms with van der Waals surface area (Å²) in [4.78, 5) is 12.2. The maximum atomic E-state index is 12.2. The first-order chi connectivity index (χ1) is 10.9. The fourth-order valence-corrected chi connectivity index (χ4v) is 2.20. The van der Waals surface area contributed by atoms with Gasteiger partial charge in [-0.3, -0.25) is 4.79 Å². The molecule has 1 rings (SSSR count). The van der Waals surface area contributed by atoms with Crippen molar-refractivity contribution in [1.82, 2.24) is 5.43 Å². The van der Waals surface area contributed by atoms with Crippen LogP contribution < -0.4 is 10.4 Å². The van der Waals surface area contributed by atoms with Gasteiger partial charge in [-0.1, -0.05) is 46.8 Å². The van der Waals surface area contributed by atoms with Crippen molar-refractivity contribution in [1.29, 1.82) is 0 Å². The van der Waals surface area contributed by atoms with Crippen molar-refractivity contribution in [2.45, 2.75) is 59.3 Å². The maximum absolute atomic E-state index is 12.2. The number of anilines is 1. The molecule has 1 amide bonds. The first kappa shape index (κ1) is 19.7. The van der Waals surface area contributed by atoms with E-state index in [0.29, 0.717) is 6.42 Å². The summed E-state index contributed by atoms with van der Waals surface area (Å²) in [5.41, 5.74) is 5.49. The quantitative estimate of drug-likeness (QED) is 0.551. The van der Waals surface area contributed by atoms with Gasteiger partial charge in [-0.15, -0.1) is 0 Å². The fourth-order valence-electron chi connectivity index (χ4n) is 2.20. The number of benzene rings is 1. The molecule has 1 N–H and O–H groups in total. The third-order valence-electron chi connectivity index (χ3n) is 3.63. The molecular weight excluding hydrogens is 288 g/mol. The second-order valence-electron chi connectivity index (χ2n) is 6.75. The molecule has 0 fully saturated rings. The second-order valence-corrected chi connectivity index (χ2v) is 6.75. The van der Waals surface area contributed by atoms with Crippen LogP contribution in [0.25, 0.3) is 0 Å². The van der Waals surface area contributed by atoms with Crippen LogP contribution in [0, 0.1) is 0 Å². The molecule has 4 nitrogen and oxygen atoms in total. The van der Waals surface area contributed by atoms with Crippen molar-refractivity contribution in [3.63, 3.8) is 0 Å². The monoisotopic (exact) mass is 320 g/mol. The Morgan fingerprint density at radius 3 is 2.30 bits per heavy atom. The summed E-state index contributed by atoms with van der Waals surface area (Å²) < 4.78 is 5.47. The van der Waals surface area contributed by atoms with E-state index < -0.39 is 0 Å². The number of carbonyl (C=O) groups is 1. The van der Waals surface area contributed by atoms with E-state index in [1.807, 2.05) is 19.1 Å². The Morgan fingerprint density at radius 2 is 1.78 bits per heavy atom. The second kappa shape index (κ2) is 9.68. The lowest BCUT2D eigenvalue weighted by atomic mass is 9.87. The van der Waals surface area contributed by atoms with Gasteiger partial charge in [-0.2, -0.15) is 0 Å². The lowest BCUT2D eigenvalue weighted by Crippen LogP contribution is -2.43. The standard InChI is InChI=1S/C19H32N2O2/c1-6-14-23-15-8-13-20-21(18(22)7-2)17-11-9-16(10-12-17)19(3,4)5/h9-12,20H,6-8,13-15H2,1-5H3. The highest BCUT2D eigenvalue weighted by Gasteiger charge is 2.16. The Morgan fingerprint density at radius 1 is 1.13 bits per heavy atom. The van der Waals surface area contributed by atoms with E-state index >= 15 is 0 Å². The molecular formula is C19H32N2O2. The molecule has 0 aliphatic carbocycles. The highest BCUT2D eigenvalue weighted by atomic mass is 16.5. The van der Waals surface area contributed by atoms with Crippen LogP contribution >= 0.6 is 0 Å². The number of carbonyl (C=O) groups excluding carboxylic acids is 1. The predicted molar refractivity (Wildman–Crippen MR) is 96.6 cm³/mol. The van der Waals surface area contributed by atoms with Gasteiger partial charge in [-0.25, -0.2) is 10.4 Å². The number of nitrogens with one attached hydrogen (secondary N) is 1. The highest BCUT2D eigenvalue weighted by Crippen LogP contribution is 2.24. The van der Waals surface area contributed by atoms with E-state index in [9.17, 15) is 4.79 Å².